The Morgan fingerprint density at radius 1 is 1.11 bits per heavy atom. The van der Waals surface area contributed by atoms with Crippen LogP contribution in [0.25, 0.3) is 11.4 Å². The van der Waals surface area contributed by atoms with Gasteiger partial charge in [-0.2, -0.15) is 0 Å². The van der Waals surface area contributed by atoms with Gasteiger partial charge in [-0.1, -0.05) is 11.8 Å². The summed E-state index contributed by atoms with van der Waals surface area (Å²) in [5.41, 5.74) is 2.22. The fourth-order valence-electron chi connectivity index (χ4n) is 2.48. The lowest BCUT2D eigenvalue weighted by Crippen LogP contribution is -2.14. The number of amides is 1. The van der Waals surface area contributed by atoms with Gasteiger partial charge in [0.25, 0.3) is 0 Å². The summed E-state index contributed by atoms with van der Waals surface area (Å²) >= 11 is 1.32. The van der Waals surface area contributed by atoms with Crippen LogP contribution in [0.15, 0.2) is 59.6 Å². The number of nitrogens with one attached hydrogen (secondary N) is 1. The molecule has 0 radical (unpaired) electrons. The molecular weight excluding hydrogens is 377 g/mol. The Labute approximate surface area is 167 Å². The summed E-state index contributed by atoms with van der Waals surface area (Å²) in [6.07, 6.45) is 0. The molecule has 28 heavy (non-hydrogen) atoms. The van der Waals surface area contributed by atoms with Crippen molar-refractivity contribution in [1.82, 2.24) is 9.97 Å². The Bertz CT molecular complexity index is 947. The number of rotatable bonds is 7. The third-order valence-corrected chi connectivity index (χ3v) is 4.64. The number of carbonyl (C=O) groups excluding carboxylic acids is 1. The van der Waals surface area contributed by atoms with Gasteiger partial charge >= 0.3 is 0 Å². The Morgan fingerprint density at radius 3 is 2.50 bits per heavy atom. The number of halogens is 1. The molecule has 0 bridgehead atoms. The van der Waals surface area contributed by atoms with E-state index in [1.807, 2.05) is 32.0 Å². The zero-order valence-electron chi connectivity index (χ0n) is 15.6. The number of nitrogens with zero attached hydrogens (tertiary/aromatic N) is 2. The zero-order chi connectivity index (χ0) is 19.9. The monoisotopic (exact) mass is 397 g/mol. The molecule has 0 fully saturated rings. The number of carbonyl (C=O) groups is 1. The number of anilines is 1. The number of hydrogen-bond acceptors (Lipinski definition) is 5. The maximum Gasteiger partial charge on any atom is 0.234 e. The molecule has 1 amide bonds. The van der Waals surface area contributed by atoms with Crippen LogP contribution in [0.1, 0.15) is 12.6 Å². The maximum atomic E-state index is 13.1. The van der Waals surface area contributed by atoms with Crippen LogP contribution in [0.4, 0.5) is 10.1 Å². The van der Waals surface area contributed by atoms with E-state index in [9.17, 15) is 9.18 Å². The summed E-state index contributed by atoms with van der Waals surface area (Å²) in [5, 5.41) is 3.54. The van der Waals surface area contributed by atoms with Crippen molar-refractivity contribution in [1.29, 1.82) is 0 Å². The maximum absolute atomic E-state index is 13.1. The number of hydrogen-bond donors (Lipinski definition) is 1. The molecule has 0 aliphatic rings. The first-order chi connectivity index (χ1) is 13.5. The highest BCUT2D eigenvalue weighted by Gasteiger charge is 2.09. The van der Waals surface area contributed by atoms with Crippen LogP contribution in [0.3, 0.4) is 0 Å². The summed E-state index contributed by atoms with van der Waals surface area (Å²) < 4.78 is 18.5. The van der Waals surface area contributed by atoms with Crippen LogP contribution >= 0.6 is 11.8 Å². The zero-order valence-corrected chi connectivity index (χ0v) is 16.4. The van der Waals surface area contributed by atoms with Crippen molar-refractivity contribution in [2.45, 2.75) is 18.9 Å². The Balaban J connectivity index is 1.62. The van der Waals surface area contributed by atoms with Gasteiger partial charge in [-0.15, -0.1) is 0 Å². The van der Waals surface area contributed by atoms with E-state index in [0.717, 1.165) is 17.0 Å². The molecule has 0 atom stereocenters. The van der Waals surface area contributed by atoms with Crippen molar-refractivity contribution >= 4 is 23.4 Å². The highest BCUT2D eigenvalue weighted by atomic mass is 32.2. The normalized spacial score (nSPS) is 10.5. The van der Waals surface area contributed by atoms with Gasteiger partial charge in [-0.3, -0.25) is 4.79 Å². The number of ether oxygens (including phenoxy) is 1. The van der Waals surface area contributed by atoms with Crippen LogP contribution in [-0.4, -0.2) is 28.2 Å². The van der Waals surface area contributed by atoms with Gasteiger partial charge in [0.1, 0.15) is 16.6 Å². The second-order valence-electron chi connectivity index (χ2n) is 5.97. The van der Waals surface area contributed by atoms with E-state index in [-0.39, 0.29) is 17.5 Å². The first-order valence-electron chi connectivity index (χ1n) is 8.80. The van der Waals surface area contributed by atoms with Crippen molar-refractivity contribution in [2.24, 2.45) is 0 Å². The van der Waals surface area contributed by atoms with E-state index >= 15 is 0 Å². The van der Waals surface area contributed by atoms with Crippen LogP contribution in [0.5, 0.6) is 5.75 Å². The highest BCUT2D eigenvalue weighted by molar-refractivity contribution is 7.99. The lowest BCUT2D eigenvalue weighted by atomic mass is 10.2. The quantitative estimate of drug-likeness (QED) is 0.462. The topological polar surface area (TPSA) is 64.1 Å². The number of aryl methyl sites for hydroxylation is 1. The van der Waals surface area contributed by atoms with Gasteiger partial charge in [0.15, 0.2) is 5.82 Å². The van der Waals surface area contributed by atoms with E-state index in [0.29, 0.717) is 23.1 Å². The van der Waals surface area contributed by atoms with Crippen LogP contribution in [-0.2, 0) is 4.79 Å². The first kappa shape index (κ1) is 19.8. The van der Waals surface area contributed by atoms with Gasteiger partial charge < -0.3 is 10.1 Å². The summed E-state index contributed by atoms with van der Waals surface area (Å²) in [6, 6.07) is 15.1. The molecule has 0 saturated heterocycles. The molecule has 0 spiro atoms. The molecule has 3 rings (SSSR count). The van der Waals surface area contributed by atoms with Gasteiger partial charge in [0, 0.05) is 16.9 Å². The molecule has 1 aromatic heterocycles. The summed E-state index contributed by atoms with van der Waals surface area (Å²) in [4.78, 5) is 21.1. The molecule has 0 unspecified atom stereocenters. The molecule has 1 heterocycles. The predicted molar refractivity (Wildman–Crippen MR) is 109 cm³/mol. The average molecular weight is 397 g/mol. The minimum atomic E-state index is -0.308. The van der Waals surface area contributed by atoms with E-state index < -0.39 is 0 Å². The molecule has 3 aromatic rings. The standard InChI is InChI=1S/C21H20FN3O2S/c1-3-27-18-10-8-17(9-11-18)24-19(26)13-28-20-12-14(2)23-21(25-20)15-4-6-16(22)7-5-15/h4-12H,3,13H2,1-2H3,(H,24,26). The minimum Gasteiger partial charge on any atom is -0.494 e. The predicted octanol–water partition coefficient (Wildman–Crippen LogP) is 4.72. The SMILES string of the molecule is CCOc1ccc(NC(=O)CSc2cc(C)nc(-c3ccc(F)cc3)n2)cc1. The molecular formula is C21H20FN3O2S. The first-order valence-corrected chi connectivity index (χ1v) is 9.79. The molecule has 0 saturated carbocycles. The van der Waals surface area contributed by atoms with Crippen LogP contribution in [0, 0.1) is 12.7 Å². The number of benzene rings is 2. The van der Waals surface area contributed by atoms with Gasteiger partial charge in [-0.25, -0.2) is 14.4 Å². The Kier molecular flexibility index (Phi) is 6.60. The van der Waals surface area contributed by atoms with Gasteiger partial charge in [0.05, 0.1) is 12.4 Å². The molecule has 1 N–H and O–H groups in total. The minimum absolute atomic E-state index is 0.131. The Morgan fingerprint density at radius 2 is 1.82 bits per heavy atom. The van der Waals surface area contributed by atoms with Crippen molar-refractivity contribution < 1.29 is 13.9 Å². The molecule has 2 aromatic carbocycles. The summed E-state index contributed by atoms with van der Waals surface area (Å²) in [6.45, 7) is 4.38. The lowest BCUT2D eigenvalue weighted by Gasteiger charge is -2.08. The van der Waals surface area contributed by atoms with E-state index in [2.05, 4.69) is 15.3 Å². The van der Waals surface area contributed by atoms with Crippen LogP contribution in [0.2, 0.25) is 0 Å². The molecule has 0 aliphatic heterocycles. The summed E-state index contributed by atoms with van der Waals surface area (Å²) in [5.74, 6) is 1.05. The van der Waals surface area contributed by atoms with Crippen molar-refractivity contribution in [3.05, 3.63) is 66.1 Å². The van der Waals surface area contributed by atoms with Crippen molar-refractivity contribution in [2.75, 3.05) is 17.7 Å². The molecule has 7 heteroatoms. The summed E-state index contributed by atoms with van der Waals surface area (Å²) in [7, 11) is 0. The second kappa shape index (κ2) is 9.32. The number of thioether (sulfide) groups is 1. The van der Waals surface area contributed by atoms with Gasteiger partial charge in [-0.05, 0) is 68.4 Å². The third kappa shape index (κ3) is 5.53. The van der Waals surface area contributed by atoms with E-state index in [4.69, 9.17) is 4.74 Å². The lowest BCUT2D eigenvalue weighted by molar-refractivity contribution is -0.113. The van der Waals surface area contributed by atoms with Crippen molar-refractivity contribution in [3.8, 4) is 17.1 Å². The van der Waals surface area contributed by atoms with E-state index in [1.54, 1.807) is 24.3 Å². The fourth-order valence-corrected chi connectivity index (χ4v) is 3.24. The molecule has 5 nitrogen and oxygen atoms in total. The average Bonchev–Trinajstić information content (AvgIpc) is 2.68. The second-order valence-corrected chi connectivity index (χ2v) is 6.97. The smallest absolute Gasteiger partial charge is 0.234 e. The highest BCUT2D eigenvalue weighted by Crippen LogP contribution is 2.22. The van der Waals surface area contributed by atoms with Crippen LogP contribution < -0.4 is 10.1 Å². The molecule has 144 valence electrons. The van der Waals surface area contributed by atoms with Gasteiger partial charge in [0.2, 0.25) is 5.91 Å². The third-order valence-electron chi connectivity index (χ3n) is 3.73. The largest absolute Gasteiger partial charge is 0.494 e. The van der Waals surface area contributed by atoms with Crippen molar-refractivity contribution in [3.63, 3.8) is 0 Å². The Hall–Kier alpha value is -2.93. The fraction of sp³-hybridized carbons (Fsp3) is 0.190. The number of aromatic nitrogens is 2. The molecule has 0 aliphatic carbocycles. The van der Waals surface area contributed by atoms with E-state index in [1.165, 1.54) is 23.9 Å².